The molecule has 6 nitrogen and oxygen atoms in total. The van der Waals surface area contributed by atoms with Gasteiger partial charge >= 0.3 is 5.97 Å². The molecule has 0 heterocycles. The average molecular weight is 505 g/mol. The SMILES string of the molecule is C=C(C)[C@H](CC[C@H](C)[C@@H]1CC[C@]2(C)[C@H]3[C@H](O)C[C@@H]4[C@@](C)(C(=O)O)[C@H](O)CC[C@]45CC35CC[C@@]12C)OO. The number of rotatable bonds is 7. The Hall–Kier alpha value is -0.950. The minimum atomic E-state index is -1.18. The molecule has 204 valence electrons. The normalized spacial score (nSPS) is 52.8. The molecule has 0 aliphatic heterocycles. The van der Waals surface area contributed by atoms with Gasteiger partial charge in [-0.2, -0.15) is 0 Å². The highest BCUT2D eigenvalue weighted by Crippen LogP contribution is 2.89. The molecule has 0 radical (unpaired) electrons. The van der Waals surface area contributed by atoms with Crippen LogP contribution in [-0.4, -0.2) is 44.9 Å². The largest absolute Gasteiger partial charge is 0.481 e. The van der Waals surface area contributed by atoms with Crippen molar-refractivity contribution < 1.29 is 30.3 Å². The Morgan fingerprint density at radius 1 is 1.03 bits per heavy atom. The molecule has 0 aromatic heterocycles. The summed E-state index contributed by atoms with van der Waals surface area (Å²) in [7, 11) is 0. The predicted molar refractivity (Wildman–Crippen MR) is 137 cm³/mol. The van der Waals surface area contributed by atoms with Crippen LogP contribution in [0.25, 0.3) is 0 Å². The fraction of sp³-hybridized carbons (Fsp3) is 0.900. The summed E-state index contributed by atoms with van der Waals surface area (Å²) >= 11 is 0. The van der Waals surface area contributed by atoms with Crippen LogP contribution >= 0.6 is 0 Å². The highest BCUT2D eigenvalue weighted by Gasteiger charge is 2.84. The minimum Gasteiger partial charge on any atom is -0.481 e. The van der Waals surface area contributed by atoms with Gasteiger partial charge in [0.1, 0.15) is 6.10 Å². The molecule has 0 bridgehead atoms. The molecule has 5 aliphatic carbocycles. The van der Waals surface area contributed by atoms with E-state index in [1.165, 1.54) is 0 Å². The third-order valence-electron chi connectivity index (χ3n) is 13.5. The Balaban J connectivity index is 1.43. The van der Waals surface area contributed by atoms with E-state index in [2.05, 4.69) is 32.2 Å². The van der Waals surface area contributed by atoms with E-state index in [9.17, 15) is 25.4 Å². The lowest BCUT2D eigenvalue weighted by atomic mass is 9.41. The van der Waals surface area contributed by atoms with E-state index in [1.54, 1.807) is 6.92 Å². The molecule has 0 aromatic carbocycles. The van der Waals surface area contributed by atoms with Crippen LogP contribution < -0.4 is 0 Å². The van der Waals surface area contributed by atoms with Crippen molar-refractivity contribution in [2.75, 3.05) is 0 Å². The van der Waals surface area contributed by atoms with Gasteiger partial charge in [0.2, 0.25) is 0 Å². The summed E-state index contributed by atoms with van der Waals surface area (Å²) in [5, 5.41) is 42.2. The maximum atomic E-state index is 12.5. The molecule has 5 saturated carbocycles. The van der Waals surface area contributed by atoms with Crippen LogP contribution in [-0.2, 0) is 9.68 Å². The molecule has 12 atom stereocenters. The van der Waals surface area contributed by atoms with Crippen LogP contribution in [0.2, 0.25) is 0 Å². The van der Waals surface area contributed by atoms with Gasteiger partial charge in [0.05, 0.1) is 17.6 Å². The first-order valence-corrected chi connectivity index (χ1v) is 14.3. The zero-order chi connectivity index (χ0) is 26.5. The number of aliphatic hydroxyl groups is 2. The fourth-order valence-corrected chi connectivity index (χ4v) is 11.3. The van der Waals surface area contributed by atoms with E-state index in [1.807, 2.05) is 6.92 Å². The third kappa shape index (κ3) is 3.08. The lowest BCUT2D eigenvalue weighted by Gasteiger charge is -2.64. The second-order valence-corrected chi connectivity index (χ2v) is 14.4. The summed E-state index contributed by atoms with van der Waals surface area (Å²) in [5.41, 5.74) is -0.260. The molecule has 1 unspecified atom stereocenters. The number of carboxylic acid groups (broad SMARTS) is 1. The highest BCUT2D eigenvalue weighted by atomic mass is 17.1. The topological polar surface area (TPSA) is 107 Å². The maximum absolute atomic E-state index is 12.5. The lowest BCUT2D eigenvalue weighted by Crippen LogP contribution is -2.63. The summed E-state index contributed by atoms with van der Waals surface area (Å²) in [6, 6.07) is 0. The predicted octanol–water partition coefficient (Wildman–Crippen LogP) is 5.67. The van der Waals surface area contributed by atoms with Gasteiger partial charge in [-0.3, -0.25) is 10.1 Å². The van der Waals surface area contributed by atoms with Gasteiger partial charge in [-0.05, 0) is 129 Å². The molecule has 5 rings (SSSR count). The Morgan fingerprint density at radius 3 is 2.33 bits per heavy atom. The Morgan fingerprint density at radius 2 is 1.72 bits per heavy atom. The van der Waals surface area contributed by atoms with Crippen LogP contribution in [0.15, 0.2) is 12.2 Å². The summed E-state index contributed by atoms with van der Waals surface area (Å²) in [4.78, 5) is 17.2. The van der Waals surface area contributed by atoms with Crippen molar-refractivity contribution >= 4 is 5.97 Å². The van der Waals surface area contributed by atoms with Crippen molar-refractivity contribution in [1.82, 2.24) is 0 Å². The molecule has 36 heavy (non-hydrogen) atoms. The third-order valence-corrected chi connectivity index (χ3v) is 13.5. The molecule has 4 N–H and O–H groups in total. The number of hydrogen-bond donors (Lipinski definition) is 4. The summed E-state index contributed by atoms with van der Waals surface area (Å²) in [6.07, 6.45) is 7.39. The Kier molecular flexibility index (Phi) is 6.12. The monoisotopic (exact) mass is 504 g/mol. The second kappa shape index (κ2) is 8.27. The first-order chi connectivity index (χ1) is 16.7. The molecule has 0 amide bonds. The number of carbonyl (C=O) groups is 1. The van der Waals surface area contributed by atoms with Crippen molar-refractivity contribution in [1.29, 1.82) is 0 Å². The Labute approximate surface area is 216 Å². The molecule has 0 saturated heterocycles. The van der Waals surface area contributed by atoms with Crippen molar-refractivity contribution in [3.8, 4) is 0 Å². The molecular weight excluding hydrogens is 456 g/mol. The summed E-state index contributed by atoms with van der Waals surface area (Å²) < 4.78 is 0. The van der Waals surface area contributed by atoms with Gasteiger partial charge in [0.25, 0.3) is 0 Å². The second-order valence-electron chi connectivity index (χ2n) is 14.4. The van der Waals surface area contributed by atoms with Crippen molar-refractivity contribution in [2.24, 2.45) is 50.7 Å². The minimum absolute atomic E-state index is 0.00828. The zero-order valence-electron chi connectivity index (χ0n) is 22.9. The number of aliphatic hydroxyl groups excluding tert-OH is 2. The lowest BCUT2D eigenvalue weighted by molar-refractivity contribution is -0.270. The van der Waals surface area contributed by atoms with E-state index in [0.717, 1.165) is 56.9 Å². The Bertz CT molecular complexity index is 934. The smallest absolute Gasteiger partial charge is 0.312 e. The molecule has 5 fully saturated rings. The standard InChI is InChI=1S/C30H48O6/c1-17(2)21(36-35)8-7-18(3)19-9-11-27(5)24-20(31)15-22-28(6,25(33)34)23(32)10-12-29(22)16-30(24,29)14-13-26(19,27)4/h18-24,31-32,35H,1,7-16H2,2-6H3,(H,33,34)/t18-,19-,20+,21-,22+,23+,24+,26-,27+,28+,29-,30?/m0/s1. The van der Waals surface area contributed by atoms with Crippen LogP contribution in [0, 0.1) is 50.7 Å². The van der Waals surface area contributed by atoms with Gasteiger partial charge < -0.3 is 15.3 Å². The summed E-state index contributed by atoms with van der Waals surface area (Å²) in [5.74, 6) is 0.132. The van der Waals surface area contributed by atoms with Gasteiger partial charge in [0.15, 0.2) is 0 Å². The summed E-state index contributed by atoms with van der Waals surface area (Å²) in [6.45, 7) is 14.8. The first kappa shape index (κ1) is 26.6. The van der Waals surface area contributed by atoms with Crippen LogP contribution in [0.4, 0.5) is 0 Å². The number of aliphatic carboxylic acids is 1. The van der Waals surface area contributed by atoms with Crippen LogP contribution in [0.1, 0.15) is 98.8 Å². The zero-order valence-corrected chi connectivity index (χ0v) is 22.9. The quantitative estimate of drug-likeness (QED) is 0.202. The van der Waals surface area contributed by atoms with Crippen molar-refractivity contribution in [3.05, 3.63) is 12.2 Å². The van der Waals surface area contributed by atoms with E-state index in [0.29, 0.717) is 24.7 Å². The first-order valence-electron chi connectivity index (χ1n) is 14.3. The van der Waals surface area contributed by atoms with E-state index < -0.39 is 23.6 Å². The highest BCUT2D eigenvalue weighted by molar-refractivity contribution is 5.76. The van der Waals surface area contributed by atoms with Gasteiger partial charge in [-0.25, -0.2) is 4.89 Å². The molecule has 6 heteroatoms. The van der Waals surface area contributed by atoms with E-state index in [-0.39, 0.29) is 39.6 Å². The van der Waals surface area contributed by atoms with Crippen molar-refractivity contribution in [3.63, 3.8) is 0 Å². The van der Waals surface area contributed by atoms with E-state index >= 15 is 0 Å². The number of fused-ring (bicyclic) bond motifs is 2. The van der Waals surface area contributed by atoms with Crippen LogP contribution in [0.5, 0.6) is 0 Å². The van der Waals surface area contributed by atoms with Crippen LogP contribution in [0.3, 0.4) is 0 Å². The number of carboxylic acids is 1. The molecule has 5 aliphatic rings. The van der Waals surface area contributed by atoms with Crippen molar-refractivity contribution in [2.45, 2.75) is 117 Å². The maximum Gasteiger partial charge on any atom is 0.312 e. The molecule has 0 aromatic rings. The van der Waals surface area contributed by atoms with Gasteiger partial charge in [-0.15, -0.1) is 0 Å². The van der Waals surface area contributed by atoms with Gasteiger partial charge in [0, 0.05) is 0 Å². The molecule has 2 spiro atoms. The van der Waals surface area contributed by atoms with E-state index in [4.69, 9.17) is 0 Å². The molecular formula is C30H48O6. The average Bonchev–Trinajstić information content (AvgIpc) is 3.37. The van der Waals surface area contributed by atoms with Gasteiger partial charge in [-0.1, -0.05) is 27.4 Å². The number of hydrogen-bond acceptors (Lipinski definition) is 5. The fourth-order valence-electron chi connectivity index (χ4n) is 11.3.